The number of ether oxygens (including phenoxy) is 1. The molecule has 0 aromatic rings. The first-order valence-corrected chi connectivity index (χ1v) is 7.19. The molecule has 1 N–H and O–H groups in total. The third kappa shape index (κ3) is 3.35. The zero-order valence-corrected chi connectivity index (χ0v) is 11.4. The third-order valence-electron chi connectivity index (χ3n) is 4.33. The van der Waals surface area contributed by atoms with Crippen LogP contribution in [-0.2, 0) is 9.53 Å². The summed E-state index contributed by atoms with van der Waals surface area (Å²) in [5, 5.41) is 9.16. The van der Waals surface area contributed by atoms with Crippen molar-refractivity contribution < 1.29 is 14.6 Å². The first-order chi connectivity index (χ1) is 8.61. The molecule has 0 amide bonds. The molecule has 0 bridgehead atoms. The molecule has 0 radical (unpaired) electrons. The lowest BCUT2D eigenvalue weighted by Crippen LogP contribution is -2.15. The minimum absolute atomic E-state index is 0.487. The highest BCUT2D eigenvalue weighted by Crippen LogP contribution is 2.42. The van der Waals surface area contributed by atoms with Gasteiger partial charge in [-0.25, -0.2) is 4.79 Å². The minimum atomic E-state index is -0.752. The van der Waals surface area contributed by atoms with Crippen LogP contribution in [0, 0.1) is 5.92 Å². The summed E-state index contributed by atoms with van der Waals surface area (Å²) in [5.74, 6) is -0.118. The molecular weight excluding hydrogens is 228 g/mol. The van der Waals surface area contributed by atoms with Gasteiger partial charge < -0.3 is 9.84 Å². The second-order valence-electron chi connectivity index (χ2n) is 5.73. The van der Waals surface area contributed by atoms with Gasteiger partial charge in [-0.15, -0.1) is 0 Å². The Hall–Kier alpha value is -0.830. The standard InChI is InChI=1S/C15H24O3/c1-3-4-5-12(10(2)15(16)17)8-11-6-7-13-14(9-11)18-13/h11,13-14H,3-9H2,1-2H3,(H,16,17). The van der Waals surface area contributed by atoms with Gasteiger partial charge in [0.05, 0.1) is 12.2 Å². The molecule has 1 aliphatic heterocycles. The molecule has 2 fully saturated rings. The molecule has 1 aliphatic carbocycles. The summed E-state index contributed by atoms with van der Waals surface area (Å²) >= 11 is 0. The number of rotatable bonds is 6. The van der Waals surface area contributed by atoms with E-state index < -0.39 is 5.97 Å². The predicted molar refractivity (Wildman–Crippen MR) is 70.5 cm³/mol. The summed E-state index contributed by atoms with van der Waals surface area (Å²) < 4.78 is 5.55. The van der Waals surface area contributed by atoms with Gasteiger partial charge in [0.15, 0.2) is 0 Å². The summed E-state index contributed by atoms with van der Waals surface area (Å²) in [7, 11) is 0. The van der Waals surface area contributed by atoms with Crippen LogP contribution in [0.4, 0.5) is 0 Å². The Bertz CT molecular complexity index is 346. The number of unbranched alkanes of at least 4 members (excludes halogenated alkanes) is 1. The van der Waals surface area contributed by atoms with Crippen LogP contribution in [0.1, 0.15) is 58.8 Å². The van der Waals surface area contributed by atoms with Gasteiger partial charge in [0, 0.05) is 5.57 Å². The second kappa shape index (κ2) is 5.87. The first-order valence-electron chi connectivity index (χ1n) is 7.19. The zero-order valence-electron chi connectivity index (χ0n) is 11.4. The van der Waals surface area contributed by atoms with Gasteiger partial charge in [-0.1, -0.05) is 18.9 Å². The van der Waals surface area contributed by atoms with Crippen molar-refractivity contribution in [2.24, 2.45) is 5.92 Å². The highest BCUT2D eigenvalue weighted by atomic mass is 16.6. The maximum atomic E-state index is 11.1. The van der Waals surface area contributed by atoms with Crippen molar-refractivity contribution in [3.05, 3.63) is 11.1 Å². The maximum Gasteiger partial charge on any atom is 0.331 e. The smallest absolute Gasteiger partial charge is 0.331 e. The Balaban J connectivity index is 1.95. The highest BCUT2D eigenvalue weighted by molar-refractivity contribution is 5.86. The number of allylic oxidation sites excluding steroid dienone is 1. The lowest BCUT2D eigenvalue weighted by molar-refractivity contribution is -0.132. The van der Waals surface area contributed by atoms with Crippen LogP contribution in [0.3, 0.4) is 0 Å². The zero-order chi connectivity index (χ0) is 13.1. The maximum absolute atomic E-state index is 11.1. The molecule has 0 aromatic heterocycles. The number of aliphatic carboxylic acids is 1. The van der Waals surface area contributed by atoms with Crippen LogP contribution in [0.25, 0.3) is 0 Å². The molecular formula is C15H24O3. The Morgan fingerprint density at radius 1 is 1.33 bits per heavy atom. The van der Waals surface area contributed by atoms with Crippen LogP contribution in [0.5, 0.6) is 0 Å². The second-order valence-corrected chi connectivity index (χ2v) is 5.73. The molecule has 102 valence electrons. The fraction of sp³-hybridized carbons (Fsp3) is 0.800. The van der Waals surface area contributed by atoms with Crippen LogP contribution in [0.2, 0.25) is 0 Å². The lowest BCUT2D eigenvalue weighted by atomic mass is 9.82. The Labute approximate surface area is 109 Å². The van der Waals surface area contributed by atoms with E-state index >= 15 is 0 Å². The summed E-state index contributed by atoms with van der Waals surface area (Å²) in [5.41, 5.74) is 1.73. The third-order valence-corrected chi connectivity index (χ3v) is 4.33. The van der Waals surface area contributed by atoms with Crippen molar-refractivity contribution in [1.82, 2.24) is 0 Å². The Morgan fingerprint density at radius 3 is 2.72 bits per heavy atom. The van der Waals surface area contributed by atoms with E-state index in [-0.39, 0.29) is 0 Å². The Morgan fingerprint density at radius 2 is 2.11 bits per heavy atom. The average molecular weight is 252 g/mol. The highest BCUT2D eigenvalue weighted by Gasteiger charge is 2.43. The van der Waals surface area contributed by atoms with Crippen molar-refractivity contribution in [2.75, 3.05) is 0 Å². The summed E-state index contributed by atoms with van der Waals surface area (Å²) in [6.45, 7) is 3.91. The number of carboxylic acids is 1. The molecule has 3 heteroatoms. The van der Waals surface area contributed by atoms with E-state index in [4.69, 9.17) is 9.84 Å². The number of fused-ring (bicyclic) bond motifs is 1. The molecule has 1 saturated carbocycles. The largest absolute Gasteiger partial charge is 0.478 e. The summed E-state index contributed by atoms with van der Waals surface area (Å²) in [6, 6.07) is 0. The minimum Gasteiger partial charge on any atom is -0.478 e. The van der Waals surface area contributed by atoms with Gasteiger partial charge in [-0.2, -0.15) is 0 Å². The molecule has 3 unspecified atom stereocenters. The number of epoxide rings is 1. The number of carboxylic acid groups (broad SMARTS) is 1. The average Bonchev–Trinajstić information content (AvgIpc) is 3.11. The van der Waals surface area contributed by atoms with Gasteiger partial charge >= 0.3 is 5.97 Å². The lowest BCUT2D eigenvalue weighted by Gasteiger charge is -2.21. The van der Waals surface area contributed by atoms with Crippen LogP contribution in [-0.4, -0.2) is 23.3 Å². The van der Waals surface area contributed by atoms with Crippen LogP contribution in [0.15, 0.2) is 11.1 Å². The SMILES string of the molecule is CCCCC(CC1CCC2OC2C1)=C(C)C(=O)O. The van der Waals surface area contributed by atoms with Crippen molar-refractivity contribution in [3.63, 3.8) is 0 Å². The van der Waals surface area contributed by atoms with Gasteiger partial charge in [0.1, 0.15) is 0 Å². The van der Waals surface area contributed by atoms with E-state index in [1.54, 1.807) is 6.92 Å². The molecule has 0 spiro atoms. The van der Waals surface area contributed by atoms with Gasteiger partial charge in [-0.05, 0) is 51.4 Å². The number of carbonyl (C=O) groups is 1. The van der Waals surface area contributed by atoms with Gasteiger partial charge in [-0.3, -0.25) is 0 Å². The van der Waals surface area contributed by atoms with E-state index in [2.05, 4.69) is 6.92 Å². The van der Waals surface area contributed by atoms with E-state index in [0.717, 1.165) is 37.7 Å². The fourth-order valence-electron chi connectivity index (χ4n) is 3.00. The molecule has 2 aliphatic rings. The quantitative estimate of drug-likeness (QED) is 0.581. The Kier molecular flexibility index (Phi) is 4.44. The van der Waals surface area contributed by atoms with E-state index in [1.807, 2.05) is 0 Å². The fourth-order valence-corrected chi connectivity index (χ4v) is 3.00. The number of hydrogen-bond donors (Lipinski definition) is 1. The molecule has 0 aromatic carbocycles. The van der Waals surface area contributed by atoms with Crippen LogP contribution >= 0.6 is 0 Å². The molecule has 3 nitrogen and oxygen atoms in total. The number of hydrogen-bond acceptors (Lipinski definition) is 2. The topological polar surface area (TPSA) is 49.8 Å². The van der Waals surface area contributed by atoms with Crippen molar-refractivity contribution >= 4 is 5.97 Å². The first kappa shape index (κ1) is 13.6. The molecule has 3 atom stereocenters. The van der Waals surface area contributed by atoms with Crippen molar-refractivity contribution in [3.8, 4) is 0 Å². The van der Waals surface area contributed by atoms with Gasteiger partial charge in [0.2, 0.25) is 0 Å². The van der Waals surface area contributed by atoms with Crippen molar-refractivity contribution in [1.29, 1.82) is 0 Å². The molecule has 2 rings (SSSR count). The molecule has 18 heavy (non-hydrogen) atoms. The molecule has 1 heterocycles. The van der Waals surface area contributed by atoms with Crippen LogP contribution < -0.4 is 0 Å². The van der Waals surface area contributed by atoms with E-state index in [0.29, 0.717) is 23.7 Å². The van der Waals surface area contributed by atoms with E-state index in [1.165, 1.54) is 12.8 Å². The summed E-state index contributed by atoms with van der Waals surface area (Å²) in [6.07, 6.45) is 8.64. The normalized spacial score (nSPS) is 31.6. The predicted octanol–water partition coefficient (Wildman–Crippen LogP) is 3.54. The monoisotopic (exact) mass is 252 g/mol. The van der Waals surface area contributed by atoms with Gasteiger partial charge in [0.25, 0.3) is 0 Å². The van der Waals surface area contributed by atoms with E-state index in [9.17, 15) is 4.79 Å². The van der Waals surface area contributed by atoms with Crippen molar-refractivity contribution in [2.45, 2.75) is 71.0 Å². The molecule has 1 saturated heterocycles. The summed E-state index contributed by atoms with van der Waals surface area (Å²) in [4.78, 5) is 11.1.